The van der Waals surface area contributed by atoms with Gasteiger partial charge < -0.3 is 9.64 Å². The molecule has 1 aliphatic heterocycles. The molecule has 1 saturated heterocycles. The van der Waals surface area contributed by atoms with Gasteiger partial charge >= 0.3 is 0 Å². The van der Waals surface area contributed by atoms with E-state index in [1.54, 1.807) is 0 Å². The lowest BCUT2D eigenvalue weighted by Gasteiger charge is -2.38. The summed E-state index contributed by atoms with van der Waals surface area (Å²) in [6, 6.07) is 13.5. The van der Waals surface area contributed by atoms with Crippen molar-refractivity contribution in [3.63, 3.8) is 0 Å². The van der Waals surface area contributed by atoms with Crippen LogP contribution in [0.3, 0.4) is 0 Å². The SMILES string of the molecule is O=C(N1CCC(Oc2ccc(F)cc2F)CC1)C1(c2ccccc2)CCCC1. The zero-order chi connectivity index (χ0) is 19.6. The van der Waals surface area contributed by atoms with Crippen molar-refractivity contribution in [3.05, 3.63) is 65.7 Å². The fraction of sp³-hybridized carbons (Fsp3) is 0.435. The van der Waals surface area contributed by atoms with E-state index in [1.165, 1.54) is 12.1 Å². The standard InChI is InChI=1S/C23H25F2NO2/c24-18-8-9-21(20(25)16-18)28-19-10-14-26(15-11-19)22(27)23(12-4-5-13-23)17-6-2-1-3-7-17/h1-3,6-9,16,19H,4-5,10-15H2. The van der Waals surface area contributed by atoms with E-state index < -0.39 is 17.0 Å². The number of nitrogens with zero attached hydrogens (tertiary/aromatic N) is 1. The quantitative estimate of drug-likeness (QED) is 0.753. The third kappa shape index (κ3) is 3.62. The van der Waals surface area contributed by atoms with Crippen molar-refractivity contribution < 1.29 is 18.3 Å². The van der Waals surface area contributed by atoms with Crippen LogP contribution in [0.5, 0.6) is 5.75 Å². The first-order valence-corrected chi connectivity index (χ1v) is 10.1. The molecule has 0 bridgehead atoms. The summed E-state index contributed by atoms with van der Waals surface area (Å²) in [5.41, 5.74) is 0.710. The molecular weight excluding hydrogens is 360 g/mol. The fourth-order valence-electron chi connectivity index (χ4n) is 4.59. The number of ether oxygens (including phenoxy) is 1. The zero-order valence-corrected chi connectivity index (χ0v) is 15.9. The number of carbonyl (C=O) groups excluding carboxylic acids is 1. The predicted molar refractivity (Wildman–Crippen MR) is 103 cm³/mol. The monoisotopic (exact) mass is 385 g/mol. The van der Waals surface area contributed by atoms with Gasteiger partial charge in [0.15, 0.2) is 11.6 Å². The number of piperidine rings is 1. The van der Waals surface area contributed by atoms with Crippen molar-refractivity contribution in [2.75, 3.05) is 13.1 Å². The first-order chi connectivity index (χ1) is 13.6. The van der Waals surface area contributed by atoms with Gasteiger partial charge in [-0.2, -0.15) is 0 Å². The van der Waals surface area contributed by atoms with Crippen molar-refractivity contribution in [3.8, 4) is 5.75 Å². The lowest BCUT2D eigenvalue weighted by atomic mass is 9.77. The Morgan fingerprint density at radius 3 is 2.32 bits per heavy atom. The van der Waals surface area contributed by atoms with Crippen molar-refractivity contribution in [1.29, 1.82) is 0 Å². The number of hydrogen-bond acceptors (Lipinski definition) is 2. The molecule has 0 radical (unpaired) electrons. The van der Waals surface area contributed by atoms with Gasteiger partial charge in [0.1, 0.15) is 11.9 Å². The first kappa shape index (κ1) is 18.9. The van der Waals surface area contributed by atoms with Crippen LogP contribution in [0, 0.1) is 11.6 Å². The molecule has 148 valence electrons. The van der Waals surface area contributed by atoms with Crippen LogP contribution in [-0.4, -0.2) is 30.0 Å². The highest BCUT2D eigenvalue weighted by Crippen LogP contribution is 2.43. The van der Waals surface area contributed by atoms with Crippen LogP contribution in [0.1, 0.15) is 44.1 Å². The molecule has 3 nitrogen and oxygen atoms in total. The van der Waals surface area contributed by atoms with E-state index in [-0.39, 0.29) is 17.8 Å². The molecule has 2 aromatic carbocycles. The lowest BCUT2D eigenvalue weighted by Crippen LogP contribution is -2.50. The average molecular weight is 385 g/mol. The van der Waals surface area contributed by atoms with Crippen molar-refractivity contribution >= 4 is 5.91 Å². The summed E-state index contributed by atoms with van der Waals surface area (Å²) in [5, 5.41) is 0. The second-order valence-electron chi connectivity index (χ2n) is 7.84. The van der Waals surface area contributed by atoms with Gasteiger partial charge in [0.05, 0.1) is 5.41 Å². The van der Waals surface area contributed by atoms with Crippen molar-refractivity contribution in [2.24, 2.45) is 0 Å². The van der Waals surface area contributed by atoms with Crippen LogP contribution < -0.4 is 4.74 Å². The van der Waals surface area contributed by atoms with Crippen LogP contribution >= 0.6 is 0 Å². The predicted octanol–water partition coefficient (Wildman–Crippen LogP) is 4.85. The molecule has 4 rings (SSSR count). The Morgan fingerprint density at radius 1 is 1.00 bits per heavy atom. The van der Waals surface area contributed by atoms with Gasteiger partial charge in [-0.1, -0.05) is 43.2 Å². The minimum Gasteiger partial charge on any atom is -0.487 e. The number of hydrogen-bond donors (Lipinski definition) is 0. The second kappa shape index (κ2) is 7.90. The van der Waals surface area contributed by atoms with Crippen LogP contribution in [0.25, 0.3) is 0 Å². The van der Waals surface area contributed by atoms with Gasteiger partial charge in [-0.15, -0.1) is 0 Å². The molecular formula is C23H25F2NO2. The Bertz CT molecular complexity index is 826. The van der Waals surface area contributed by atoms with Crippen molar-refractivity contribution in [2.45, 2.75) is 50.0 Å². The van der Waals surface area contributed by atoms with E-state index in [0.717, 1.165) is 37.3 Å². The Morgan fingerprint density at radius 2 is 1.68 bits per heavy atom. The van der Waals surface area contributed by atoms with E-state index in [2.05, 4.69) is 12.1 Å². The minimum absolute atomic E-state index is 0.0720. The lowest BCUT2D eigenvalue weighted by molar-refractivity contribution is -0.139. The number of benzene rings is 2. The Hall–Kier alpha value is -2.43. The molecule has 2 fully saturated rings. The highest BCUT2D eigenvalue weighted by Gasteiger charge is 2.45. The summed E-state index contributed by atoms with van der Waals surface area (Å²) in [6.07, 6.45) is 5.06. The van der Waals surface area contributed by atoms with Gasteiger partial charge in [0.2, 0.25) is 5.91 Å². The van der Waals surface area contributed by atoms with Crippen LogP contribution in [0.15, 0.2) is 48.5 Å². The molecule has 1 amide bonds. The Balaban J connectivity index is 1.42. The zero-order valence-electron chi connectivity index (χ0n) is 15.9. The van der Waals surface area contributed by atoms with E-state index in [9.17, 15) is 13.6 Å². The molecule has 0 atom stereocenters. The highest BCUT2D eigenvalue weighted by molar-refractivity contribution is 5.88. The molecule has 0 unspecified atom stereocenters. The number of rotatable bonds is 4. The van der Waals surface area contributed by atoms with Gasteiger partial charge in [0.25, 0.3) is 0 Å². The number of carbonyl (C=O) groups is 1. The summed E-state index contributed by atoms with van der Waals surface area (Å²) in [7, 11) is 0. The maximum atomic E-state index is 13.8. The molecule has 0 N–H and O–H groups in total. The van der Waals surface area contributed by atoms with Gasteiger partial charge in [-0.25, -0.2) is 8.78 Å². The van der Waals surface area contributed by atoms with Gasteiger partial charge in [0, 0.05) is 32.0 Å². The number of likely N-dealkylation sites (tertiary alicyclic amines) is 1. The summed E-state index contributed by atoms with van der Waals surface area (Å²) < 4.78 is 32.6. The van der Waals surface area contributed by atoms with Crippen LogP contribution in [0.4, 0.5) is 8.78 Å². The molecule has 2 aromatic rings. The summed E-state index contributed by atoms with van der Waals surface area (Å²) in [6.45, 7) is 1.20. The molecule has 0 aromatic heterocycles. The van der Waals surface area contributed by atoms with E-state index >= 15 is 0 Å². The maximum absolute atomic E-state index is 13.8. The van der Waals surface area contributed by atoms with Gasteiger partial charge in [-0.05, 0) is 30.5 Å². The molecule has 1 heterocycles. The van der Waals surface area contributed by atoms with Crippen LogP contribution in [0.2, 0.25) is 0 Å². The topological polar surface area (TPSA) is 29.5 Å². The molecule has 28 heavy (non-hydrogen) atoms. The second-order valence-corrected chi connectivity index (χ2v) is 7.84. The Labute approximate surface area is 164 Å². The maximum Gasteiger partial charge on any atom is 0.233 e. The average Bonchev–Trinajstić information content (AvgIpc) is 3.22. The summed E-state index contributed by atoms with van der Waals surface area (Å²) >= 11 is 0. The molecule has 1 aliphatic carbocycles. The molecule has 1 saturated carbocycles. The molecule has 5 heteroatoms. The number of amides is 1. The molecule has 0 spiro atoms. The van der Waals surface area contributed by atoms with Crippen LogP contribution in [-0.2, 0) is 10.2 Å². The Kier molecular flexibility index (Phi) is 5.33. The summed E-state index contributed by atoms with van der Waals surface area (Å²) in [4.78, 5) is 15.4. The van der Waals surface area contributed by atoms with Gasteiger partial charge in [-0.3, -0.25) is 4.79 Å². The van der Waals surface area contributed by atoms with E-state index in [0.29, 0.717) is 25.9 Å². The number of halogens is 2. The third-order valence-corrected chi connectivity index (χ3v) is 6.11. The van der Waals surface area contributed by atoms with E-state index in [4.69, 9.17) is 4.74 Å². The van der Waals surface area contributed by atoms with Crippen molar-refractivity contribution in [1.82, 2.24) is 4.90 Å². The normalized spacial score (nSPS) is 19.6. The highest BCUT2D eigenvalue weighted by atomic mass is 19.1. The minimum atomic E-state index is -0.688. The fourth-order valence-corrected chi connectivity index (χ4v) is 4.59. The molecule has 2 aliphatic rings. The third-order valence-electron chi connectivity index (χ3n) is 6.11. The van der Waals surface area contributed by atoms with E-state index in [1.807, 2.05) is 23.1 Å². The summed E-state index contributed by atoms with van der Waals surface area (Å²) in [5.74, 6) is -1.02. The smallest absolute Gasteiger partial charge is 0.233 e. The largest absolute Gasteiger partial charge is 0.487 e. The first-order valence-electron chi connectivity index (χ1n) is 10.1.